The van der Waals surface area contributed by atoms with E-state index in [0.717, 1.165) is 48.5 Å². The Morgan fingerprint density at radius 3 is 2.58 bits per heavy atom. The molecule has 1 amide bonds. The molecule has 0 atom stereocenters. The van der Waals surface area contributed by atoms with Crippen molar-refractivity contribution in [3.05, 3.63) is 64.6 Å². The number of para-hydroxylation sites is 1. The molecule has 3 N–H and O–H groups in total. The molecule has 0 aliphatic carbocycles. The van der Waals surface area contributed by atoms with Gasteiger partial charge in [0.05, 0.1) is 11.6 Å². The Kier molecular flexibility index (Phi) is 8.66. The lowest BCUT2D eigenvalue weighted by atomic mass is 9.98. The lowest BCUT2D eigenvalue weighted by Crippen LogP contribution is -2.45. The van der Waals surface area contributed by atoms with Gasteiger partial charge in [-0.3, -0.25) is 9.59 Å². The van der Waals surface area contributed by atoms with Gasteiger partial charge >= 0.3 is 0 Å². The molecule has 0 spiro atoms. The van der Waals surface area contributed by atoms with Gasteiger partial charge in [-0.1, -0.05) is 37.3 Å². The summed E-state index contributed by atoms with van der Waals surface area (Å²) in [5.74, 6) is 0.403. The van der Waals surface area contributed by atoms with E-state index in [9.17, 15) is 14.7 Å². The first-order chi connectivity index (χ1) is 17.4. The Labute approximate surface area is 220 Å². The fourth-order valence-electron chi connectivity index (χ4n) is 4.23. The monoisotopic (exact) mass is 522 g/mol. The van der Waals surface area contributed by atoms with Crippen molar-refractivity contribution in [1.82, 2.24) is 15.2 Å². The van der Waals surface area contributed by atoms with E-state index in [1.165, 1.54) is 11.3 Å². The van der Waals surface area contributed by atoms with Crippen molar-refractivity contribution in [1.29, 1.82) is 0 Å². The summed E-state index contributed by atoms with van der Waals surface area (Å²) < 4.78 is 0. The zero-order valence-electron chi connectivity index (χ0n) is 20.2. The largest absolute Gasteiger partial charge is 0.508 e. The minimum Gasteiger partial charge on any atom is -0.508 e. The molecule has 0 unspecified atom stereocenters. The second-order valence-corrected chi connectivity index (χ2v) is 10.1. The quantitative estimate of drug-likeness (QED) is 0.351. The molecular weight excluding hydrogens is 492 g/mol. The van der Waals surface area contributed by atoms with Gasteiger partial charge in [0.25, 0.3) is 5.91 Å². The highest BCUT2D eigenvalue weighted by Gasteiger charge is 2.25. The van der Waals surface area contributed by atoms with Crippen LogP contribution in [0.4, 0.5) is 5.69 Å². The Balaban J connectivity index is 1.34. The number of carbonyl (C=O) groups is 2. The van der Waals surface area contributed by atoms with Crippen molar-refractivity contribution in [2.75, 3.05) is 25.0 Å². The van der Waals surface area contributed by atoms with Crippen LogP contribution >= 0.6 is 23.6 Å². The van der Waals surface area contributed by atoms with E-state index in [1.54, 1.807) is 12.1 Å². The number of aromatic hydroxyl groups is 1. The highest BCUT2D eigenvalue weighted by atomic mass is 32.1. The van der Waals surface area contributed by atoms with Gasteiger partial charge in [-0.15, -0.1) is 11.3 Å². The average molecular weight is 523 g/mol. The van der Waals surface area contributed by atoms with Gasteiger partial charge in [-0.2, -0.15) is 0 Å². The van der Waals surface area contributed by atoms with Gasteiger partial charge in [0.15, 0.2) is 10.9 Å². The molecule has 1 aliphatic rings. The normalized spacial score (nSPS) is 13.9. The van der Waals surface area contributed by atoms with E-state index >= 15 is 0 Å². The summed E-state index contributed by atoms with van der Waals surface area (Å²) in [7, 11) is 0. The maximum absolute atomic E-state index is 13.0. The maximum Gasteiger partial charge on any atom is 0.275 e. The molecule has 9 heteroatoms. The van der Waals surface area contributed by atoms with E-state index < -0.39 is 0 Å². The smallest absolute Gasteiger partial charge is 0.275 e. The molecule has 1 saturated heterocycles. The molecule has 7 nitrogen and oxygen atoms in total. The van der Waals surface area contributed by atoms with E-state index in [2.05, 4.69) is 20.5 Å². The maximum atomic E-state index is 13.0. The fourth-order valence-corrected chi connectivity index (χ4v) is 5.46. The van der Waals surface area contributed by atoms with Crippen molar-refractivity contribution in [3.8, 4) is 16.9 Å². The first-order valence-electron chi connectivity index (χ1n) is 12.1. The van der Waals surface area contributed by atoms with Crippen LogP contribution in [0.1, 0.15) is 54.0 Å². The number of anilines is 1. The van der Waals surface area contributed by atoms with Gasteiger partial charge in [0.2, 0.25) is 0 Å². The van der Waals surface area contributed by atoms with Gasteiger partial charge in [-0.25, -0.2) is 4.98 Å². The van der Waals surface area contributed by atoms with Crippen LogP contribution in [-0.4, -0.2) is 51.4 Å². The van der Waals surface area contributed by atoms with Crippen molar-refractivity contribution in [2.24, 2.45) is 0 Å². The Morgan fingerprint density at radius 2 is 1.86 bits per heavy atom. The fraction of sp³-hybridized carbons (Fsp3) is 0.333. The second kappa shape index (κ2) is 12.1. The number of aromatic nitrogens is 1. The molecule has 2 heterocycles. The SMILES string of the molecule is CCCC(=O)CNC(=S)N1CCC(c2nc(C(=O)Nc3ccccc3-c3ccc(O)cc3)cs2)CC1. The summed E-state index contributed by atoms with van der Waals surface area (Å²) in [5.41, 5.74) is 2.87. The van der Waals surface area contributed by atoms with Crippen LogP contribution < -0.4 is 10.6 Å². The molecule has 36 heavy (non-hydrogen) atoms. The predicted molar refractivity (Wildman–Crippen MR) is 148 cm³/mol. The number of piperidine rings is 1. The molecule has 4 rings (SSSR count). The summed E-state index contributed by atoms with van der Waals surface area (Å²) >= 11 is 6.98. The number of nitrogens with one attached hydrogen (secondary N) is 2. The van der Waals surface area contributed by atoms with E-state index in [1.807, 2.05) is 48.7 Å². The van der Waals surface area contributed by atoms with E-state index in [-0.39, 0.29) is 29.9 Å². The highest BCUT2D eigenvalue weighted by molar-refractivity contribution is 7.80. The lowest BCUT2D eigenvalue weighted by Gasteiger charge is -2.33. The van der Waals surface area contributed by atoms with Crippen molar-refractivity contribution in [3.63, 3.8) is 0 Å². The standard InChI is InChI=1S/C27H30N4O3S2/c1-2-5-21(33)16-28-27(35)31-14-12-19(13-15-31)26-30-24(17-36-26)25(34)29-23-7-4-3-6-22(23)18-8-10-20(32)11-9-18/h3-4,6-11,17,19,32H,2,5,12-16H2,1H3,(H,28,35)(H,29,34). The van der Waals surface area contributed by atoms with Gasteiger partial charge in [0, 0.05) is 42.1 Å². The lowest BCUT2D eigenvalue weighted by molar-refractivity contribution is -0.118. The summed E-state index contributed by atoms with van der Waals surface area (Å²) in [6.07, 6.45) is 3.20. The molecule has 1 fully saturated rings. The molecule has 188 valence electrons. The summed E-state index contributed by atoms with van der Waals surface area (Å²) in [6.45, 7) is 3.86. The number of thiocarbonyl (C=S) groups is 1. The van der Waals surface area contributed by atoms with Gasteiger partial charge in [-0.05, 0) is 55.2 Å². The van der Waals surface area contributed by atoms with Crippen LogP contribution in [0.25, 0.3) is 11.1 Å². The molecule has 0 radical (unpaired) electrons. The van der Waals surface area contributed by atoms with Crippen LogP contribution in [0.2, 0.25) is 0 Å². The summed E-state index contributed by atoms with van der Waals surface area (Å²) in [6, 6.07) is 14.5. The molecule has 1 aliphatic heterocycles. The number of Topliss-reactive ketones (excluding diaryl/α,β-unsaturated/α-hetero) is 1. The van der Waals surface area contributed by atoms with Crippen LogP contribution in [0.15, 0.2) is 53.9 Å². The van der Waals surface area contributed by atoms with Crippen LogP contribution in [0, 0.1) is 0 Å². The Bertz CT molecular complexity index is 1220. The Morgan fingerprint density at radius 1 is 1.14 bits per heavy atom. The number of phenols is 1. The first-order valence-corrected chi connectivity index (χ1v) is 13.4. The minimum atomic E-state index is -0.247. The summed E-state index contributed by atoms with van der Waals surface area (Å²) in [4.78, 5) is 31.5. The number of amides is 1. The van der Waals surface area contributed by atoms with Crippen molar-refractivity contribution in [2.45, 2.75) is 38.5 Å². The average Bonchev–Trinajstić information content (AvgIpc) is 3.39. The number of carbonyl (C=O) groups excluding carboxylic acids is 2. The van der Waals surface area contributed by atoms with E-state index in [0.29, 0.717) is 22.9 Å². The van der Waals surface area contributed by atoms with E-state index in [4.69, 9.17) is 12.2 Å². The number of hydrogen-bond acceptors (Lipinski definition) is 6. The number of likely N-dealkylation sites (tertiary alicyclic amines) is 1. The zero-order chi connectivity index (χ0) is 25.5. The number of benzene rings is 2. The molecule has 0 saturated carbocycles. The van der Waals surface area contributed by atoms with Crippen LogP contribution in [0.5, 0.6) is 5.75 Å². The first kappa shape index (κ1) is 25.8. The molecule has 3 aromatic rings. The van der Waals surface area contributed by atoms with Crippen molar-refractivity contribution < 1.29 is 14.7 Å². The van der Waals surface area contributed by atoms with Crippen LogP contribution in [0.3, 0.4) is 0 Å². The number of rotatable bonds is 8. The van der Waals surface area contributed by atoms with Crippen LogP contribution in [-0.2, 0) is 4.79 Å². The topological polar surface area (TPSA) is 94.6 Å². The third-order valence-corrected chi connectivity index (χ3v) is 7.61. The summed E-state index contributed by atoms with van der Waals surface area (Å²) in [5, 5.41) is 19.1. The number of ketones is 1. The Hall–Kier alpha value is -3.30. The number of nitrogens with zero attached hydrogens (tertiary/aromatic N) is 2. The van der Waals surface area contributed by atoms with Gasteiger partial charge in [0.1, 0.15) is 11.4 Å². The number of thiazole rings is 1. The third kappa shape index (κ3) is 6.47. The number of phenolic OH excluding ortho intramolecular Hbond substituents is 1. The molecule has 2 aromatic carbocycles. The molecule has 0 bridgehead atoms. The molecular formula is C27H30N4O3S2. The van der Waals surface area contributed by atoms with Crippen molar-refractivity contribution >= 4 is 46.0 Å². The van der Waals surface area contributed by atoms with Gasteiger partial charge < -0.3 is 20.6 Å². The third-order valence-electron chi connectivity index (χ3n) is 6.21. The predicted octanol–water partition coefficient (Wildman–Crippen LogP) is 5.19. The zero-order valence-corrected chi connectivity index (χ0v) is 21.8. The highest BCUT2D eigenvalue weighted by Crippen LogP contribution is 2.32. The number of hydrogen-bond donors (Lipinski definition) is 3. The minimum absolute atomic E-state index is 0.175. The second-order valence-electron chi connectivity index (χ2n) is 8.83. The molecule has 1 aromatic heterocycles.